The van der Waals surface area contributed by atoms with E-state index in [1.165, 1.54) is 0 Å². The van der Waals surface area contributed by atoms with E-state index in [-0.39, 0.29) is 11.8 Å². The van der Waals surface area contributed by atoms with Crippen LogP contribution < -0.4 is 5.32 Å². The standard InChI is InChI=1S/C20H20N4O3/c25-19(18-16-3-1-2-4-17(16)22-23-18)21-13-14-5-7-15(8-6-14)20(26)24-9-11-27-12-10-24/h1-8H,9-13H2,(H,21,25)(H,22,23). The van der Waals surface area contributed by atoms with E-state index < -0.39 is 0 Å². The van der Waals surface area contributed by atoms with Gasteiger partial charge >= 0.3 is 0 Å². The Labute approximate surface area is 156 Å². The van der Waals surface area contributed by atoms with Gasteiger partial charge in [0.25, 0.3) is 11.8 Å². The lowest BCUT2D eigenvalue weighted by atomic mass is 10.1. The molecule has 1 aliphatic heterocycles. The first-order valence-electron chi connectivity index (χ1n) is 8.89. The minimum Gasteiger partial charge on any atom is -0.378 e. The van der Waals surface area contributed by atoms with E-state index in [4.69, 9.17) is 4.74 Å². The minimum absolute atomic E-state index is 0.0110. The van der Waals surface area contributed by atoms with E-state index in [1.807, 2.05) is 36.4 Å². The molecular formula is C20H20N4O3. The number of para-hydroxylation sites is 1. The molecule has 3 aromatic rings. The molecule has 0 unspecified atom stereocenters. The number of rotatable bonds is 4. The molecule has 1 saturated heterocycles. The second-order valence-corrected chi connectivity index (χ2v) is 6.40. The van der Waals surface area contributed by atoms with Crippen LogP contribution in [-0.2, 0) is 11.3 Å². The number of ether oxygens (including phenoxy) is 1. The molecule has 2 amide bonds. The maximum Gasteiger partial charge on any atom is 0.272 e. The van der Waals surface area contributed by atoms with E-state index in [1.54, 1.807) is 17.0 Å². The van der Waals surface area contributed by atoms with Crippen LogP contribution in [0.3, 0.4) is 0 Å². The van der Waals surface area contributed by atoms with Gasteiger partial charge in [-0.15, -0.1) is 0 Å². The number of hydrogen-bond acceptors (Lipinski definition) is 4. The van der Waals surface area contributed by atoms with Gasteiger partial charge in [-0.05, 0) is 23.8 Å². The molecule has 1 fully saturated rings. The number of hydrogen-bond donors (Lipinski definition) is 2. The quantitative estimate of drug-likeness (QED) is 0.741. The van der Waals surface area contributed by atoms with Crippen LogP contribution in [0.15, 0.2) is 48.5 Å². The predicted molar refractivity (Wildman–Crippen MR) is 100 cm³/mol. The Morgan fingerprint density at radius 3 is 2.59 bits per heavy atom. The minimum atomic E-state index is -0.235. The highest BCUT2D eigenvalue weighted by Crippen LogP contribution is 2.15. The first kappa shape index (κ1) is 17.2. The number of nitrogens with zero attached hydrogens (tertiary/aromatic N) is 2. The van der Waals surface area contributed by atoms with Gasteiger partial charge in [0, 0.05) is 30.6 Å². The highest BCUT2D eigenvalue weighted by molar-refractivity contribution is 6.04. The summed E-state index contributed by atoms with van der Waals surface area (Å²) in [7, 11) is 0. The van der Waals surface area contributed by atoms with E-state index >= 15 is 0 Å². The van der Waals surface area contributed by atoms with Gasteiger partial charge in [-0.25, -0.2) is 0 Å². The fraction of sp³-hybridized carbons (Fsp3) is 0.250. The molecule has 7 heteroatoms. The fourth-order valence-corrected chi connectivity index (χ4v) is 3.12. The van der Waals surface area contributed by atoms with E-state index in [2.05, 4.69) is 15.5 Å². The van der Waals surface area contributed by atoms with Gasteiger partial charge in [0.1, 0.15) is 0 Å². The summed E-state index contributed by atoms with van der Waals surface area (Å²) in [6.07, 6.45) is 0. The van der Waals surface area contributed by atoms with Crippen LogP contribution in [0.4, 0.5) is 0 Å². The van der Waals surface area contributed by atoms with Crippen LogP contribution >= 0.6 is 0 Å². The summed E-state index contributed by atoms with van der Waals surface area (Å²) in [5, 5.41) is 10.6. The number of aromatic nitrogens is 2. The van der Waals surface area contributed by atoms with Crippen molar-refractivity contribution in [1.82, 2.24) is 20.4 Å². The normalized spacial score (nSPS) is 14.3. The largest absolute Gasteiger partial charge is 0.378 e. The SMILES string of the molecule is O=C(NCc1ccc(C(=O)N2CCOCC2)cc1)c1n[nH]c2ccccc12. The van der Waals surface area contributed by atoms with E-state index in [9.17, 15) is 9.59 Å². The molecule has 1 aliphatic rings. The molecule has 138 valence electrons. The van der Waals surface area contributed by atoms with Gasteiger partial charge in [0.05, 0.1) is 18.7 Å². The van der Waals surface area contributed by atoms with Crippen LogP contribution in [0.5, 0.6) is 0 Å². The zero-order valence-electron chi connectivity index (χ0n) is 14.8. The summed E-state index contributed by atoms with van der Waals surface area (Å²) >= 11 is 0. The fourth-order valence-electron chi connectivity index (χ4n) is 3.12. The third-order valence-electron chi connectivity index (χ3n) is 4.64. The van der Waals surface area contributed by atoms with Crippen molar-refractivity contribution in [3.05, 3.63) is 65.4 Å². The molecule has 0 atom stereocenters. The second kappa shape index (κ2) is 7.59. The third kappa shape index (κ3) is 3.68. The Morgan fingerprint density at radius 2 is 1.81 bits per heavy atom. The van der Waals surface area contributed by atoms with Crippen molar-refractivity contribution in [3.8, 4) is 0 Å². The molecule has 2 aromatic carbocycles. The van der Waals surface area contributed by atoms with Crippen LogP contribution in [0.2, 0.25) is 0 Å². The van der Waals surface area contributed by atoms with Crippen molar-refractivity contribution < 1.29 is 14.3 Å². The number of H-pyrrole nitrogens is 1. The number of aromatic amines is 1. The smallest absolute Gasteiger partial charge is 0.272 e. The topological polar surface area (TPSA) is 87.3 Å². The molecule has 2 heterocycles. The summed E-state index contributed by atoms with van der Waals surface area (Å²) in [6, 6.07) is 14.8. The van der Waals surface area contributed by atoms with E-state index in [0.717, 1.165) is 16.5 Å². The molecule has 0 saturated carbocycles. The highest BCUT2D eigenvalue weighted by Gasteiger charge is 2.18. The molecule has 4 rings (SSSR count). The number of fused-ring (bicyclic) bond motifs is 1. The van der Waals surface area contributed by atoms with Gasteiger partial charge < -0.3 is 15.0 Å². The van der Waals surface area contributed by atoms with Crippen molar-refractivity contribution in [2.45, 2.75) is 6.54 Å². The zero-order chi connectivity index (χ0) is 18.6. The van der Waals surface area contributed by atoms with Crippen molar-refractivity contribution in [3.63, 3.8) is 0 Å². The summed E-state index contributed by atoms with van der Waals surface area (Å²) < 4.78 is 5.28. The lowest BCUT2D eigenvalue weighted by Gasteiger charge is -2.26. The highest BCUT2D eigenvalue weighted by atomic mass is 16.5. The van der Waals surface area contributed by atoms with Gasteiger partial charge in [0.2, 0.25) is 0 Å². The number of carbonyl (C=O) groups is 2. The lowest BCUT2D eigenvalue weighted by molar-refractivity contribution is 0.0303. The second-order valence-electron chi connectivity index (χ2n) is 6.40. The first-order valence-corrected chi connectivity index (χ1v) is 8.89. The van der Waals surface area contributed by atoms with Gasteiger partial charge in [-0.1, -0.05) is 30.3 Å². The molecular weight excluding hydrogens is 344 g/mol. The van der Waals surface area contributed by atoms with Crippen LogP contribution in [0.1, 0.15) is 26.4 Å². The van der Waals surface area contributed by atoms with Crippen molar-refractivity contribution in [1.29, 1.82) is 0 Å². The Kier molecular flexibility index (Phi) is 4.84. The van der Waals surface area contributed by atoms with Gasteiger partial charge in [-0.2, -0.15) is 5.10 Å². The molecule has 27 heavy (non-hydrogen) atoms. The molecule has 0 bridgehead atoms. The summed E-state index contributed by atoms with van der Waals surface area (Å²) in [5.74, 6) is -0.224. The van der Waals surface area contributed by atoms with Crippen molar-refractivity contribution in [2.24, 2.45) is 0 Å². The number of benzene rings is 2. The summed E-state index contributed by atoms with van der Waals surface area (Å²) in [5.41, 5.74) is 2.77. The van der Waals surface area contributed by atoms with Crippen molar-refractivity contribution >= 4 is 22.7 Å². The molecule has 2 N–H and O–H groups in total. The average Bonchev–Trinajstić information content (AvgIpc) is 3.17. The van der Waals surface area contributed by atoms with Crippen molar-refractivity contribution in [2.75, 3.05) is 26.3 Å². The Morgan fingerprint density at radius 1 is 1.07 bits per heavy atom. The molecule has 7 nitrogen and oxygen atoms in total. The summed E-state index contributed by atoms with van der Waals surface area (Å²) in [6.45, 7) is 2.77. The van der Waals surface area contributed by atoms with Crippen LogP contribution in [-0.4, -0.2) is 53.2 Å². The summed E-state index contributed by atoms with van der Waals surface area (Å²) in [4.78, 5) is 26.6. The first-order chi connectivity index (χ1) is 13.2. The van der Waals surface area contributed by atoms with Gasteiger partial charge in [0.15, 0.2) is 5.69 Å². The maximum absolute atomic E-state index is 12.4. The number of amides is 2. The number of carbonyl (C=O) groups excluding carboxylic acids is 2. The van der Waals surface area contributed by atoms with Crippen LogP contribution in [0, 0.1) is 0 Å². The molecule has 0 spiro atoms. The number of nitrogens with one attached hydrogen (secondary N) is 2. The van der Waals surface area contributed by atoms with E-state index in [0.29, 0.717) is 44.1 Å². The number of morpholine rings is 1. The molecule has 0 radical (unpaired) electrons. The molecule has 0 aliphatic carbocycles. The van der Waals surface area contributed by atoms with Crippen LogP contribution in [0.25, 0.3) is 10.9 Å². The molecule has 1 aromatic heterocycles. The third-order valence-corrected chi connectivity index (χ3v) is 4.64. The Bertz CT molecular complexity index is 959. The Balaban J connectivity index is 1.38. The predicted octanol–water partition coefficient (Wildman–Crippen LogP) is 1.97. The zero-order valence-corrected chi connectivity index (χ0v) is 14.8. The monoisotopic (exact) mass is 364 g/mol. The lowest BCUT2D eigenvalue weighted by Crippen LogP contribution is -2.40. The Hall–Kier alpha value is -3.19. The maximum atomic E-state index is 12.4. The van der Waals surface area contributed by atoms with Gasteiger partial charge in [-0.3, -0.25) is 14.7 Å². The average molecular weight is 364 g/mol.